The molecule has 0 unspecified atom stereocenters. The Balaban J connectivity index is 1.76. The summed E-state index contributed by atoms with van der Waals surface area (Å²) in [5, 5.41) is 2.93. The number of methoxy groups -OCH3 is 1. The maximum atomic E-state index is 13.4. The first-order chi connectivity index (χ1) is 16.0. The predicted octanol–water partition coefficient (Wildman–Crippen LogP) is 5.07. The van der Waals surface area contributed by atoms with Crippen molar-refractivity contribution in [3.63, 3.8) is 0 Å². The highest BCUT2D eigenvalue weighted by Crippen LogP contribution is 2.19. The number of benzene rings is 2. The first-order valence-electron chi connectivity index (χ1n) is 10.9. The van der Waals surface area contributed by atoms with Crippen molar-refractivity contribution in [2.24, 2.45) is 0 Å². The summed E-state index contributed by atoms with van der Waals surface area (Å²) in [6.07, 6.45) is 0. The van der Waals surface area contributed by atoms with Crippen molar-refractivity contribution in [3.05, 3.63) is 87.6 Å². The molecule has 0 saturated carbocycles. The number of aryl methyl sites for hydroxylation is 2. The molecule has 2 aromatic carbocycles. The molecular weight excluding hydrogens is 434 g/mol. The van der Waals surface area contributed by atoms with Gasteiger partial charge >= 0.3 is 6.03 Å². The molecule has 0 spiro atoms. The summed E-state index contributed by atoms with van der Waals surface area (Å²) >= 11 is 1.68. The van der Waals surface area contributed by atoms with Gasteiger partial charge in [0.2, 0.25) is 5.91 Å². The summed E-state index contributed by atoms with van der Waals surface area (Å²) in [6.45, 7) is 5.61. The number of hydrogen-bond acceptors (Lipinski definition) is 4. The van der Waals surface area contributed by atoms with E-state index >= 15 is 0 Å². The zero-order valence-corrected chi connectivity index (χ0v) is 20.2. The predicted molar refractivity (Wildman–Crippen MR) is 133 cm³/mol. The Hall–Kier alpha value is -3.16. The van der Waals surface area contributed by atoms with Gasteiger partial charge in [-0.3, -0.25) is 4.79 Å². The largest absolute Gasteiger partial charge is 0.383 e. The number of thiophene rings is 1. The molecule has 0 atom stereocenters. The van der Waals surface area contributed by atoms with Gasteiger partial charge in [-0.25, -0.2) is 4.79 Å². The van der Waals surface area contributed by atoms with E-state index in [9.17, 15) is 9.59 Å². The van der Waals surface area contributed by atoms with Crippen LogP contribution in [0.5, 0.6) is 0 Å². The Bertz CT molecular complexity index is 1050. The number of para-hydroxylation sites is 1. The number of nitrogens with zero attached hydrogens (tertiary/aromatic N) is 2. The molecular formula is C26H31N3O3S. The smallest absolute Gasteiger partial charge is 0.322 e. The van der Waals surface area contributed by atoms with Crippen LogP contribution in [0.2, 0.25) is 0 Å². The molecule has 0 fully saturated rings. The molecule has 3 aromatic rings. The van der Waals surface area contributed by atoms with Crippen LogP contribution in [0.1, 0.15) is 20.9 Å². The van der Waals surface area contributed by atoms with E-state index in [0.717, 1.165) is 21.7 Å². The minimum Gasteiger partial charge on any atom is -0.383 e. The molecule has 174 valence electrons. The SMILES string of the molecule is COCCN(CC(=O)N(Cc1ccccc1)Cc1ccc(C)s1)C(=O)Nc1ccccc1C. The monoisotopic (exact) mass is 465 g/mol. The maximum Gasteiger partial charge on any atom is 0.322 e. The Labute approximate surface area is 199 Å². The van der Waals surface area contributed by atoms with Gasteiger partial charge < -0.3 is 19.9 Å². The van der Waals surface area contributed by atoms with E-state index in [2.05, 4.69) is 24.4 Å². The Kier molecular flexibility index (Phi) is 9.04. The van der Waals surface area contributed by atoms with E-state index < -0.39 is 0 Å². The zero-order chi connectivity index (χ0) is 23.6. The summed E-state index contributed by atoms with van der Waals surface area (Å²) in [6, 6.07) is 21.3. The molecule has 7 heteroatoms. The summed E-state index contributed by atoms with van der Waals surface area (Å²) in [5.74, 6) is -0.110. The van der Waals surface area contributed by atoms with E-state index in [1.165, 1.54) is 9.78 Å². The lowest BCUT2D eigenvalue weighted by Gasteiger charge is -2.28. The molecule has 0 aliphatic rings. The number of carbonyl (C=O) groups excluding carboxylic acids is 2. The highest BCUT2D eigenvalue weighted by Gasteiger charge is 2.22. The third-order valence-corrected chi connectivity index (χ3v) is 6.26. The van der Waals surface area contributed by atoms with Crippen LogP contribution in [0.4, 0.5) is 10.5 Å². The van der Waals surface area contributed by atoms with Crippen LogP contribution >= 0.6 is 11.3 Å². The number of amides is 3. The second-order valence-corrected chi connectivity index (χ2v) is 9.28. The molecule has 1 N–H and O–H groups in total. The second kappa shape index (κ2) is 12.2. The van der Waals surface area contributed by atoms with E-state index in [1.54, 1.807) is 18.4 Å². The molecule has 0 bridgehead atoms. The lowest BCUT2D eigenvalue weighted by molar-refractivity contribution is -0.133. The topological polar surface area (TPSA) is 61.9 Å². The van der Waals surface area contributed by atoms with Crippen molar-refractivity contribution in [3.8, 4) is 0 Å². The summed E-state index contributed by atoms with van der Waals surface area (Å²) in [7, 11) is 1.58. The van der Waals surface area contributed by atoms with Crippen LogP contribution in [0, 0.1) is 13.8 Å². The van der Waals surface area contributed by atoms with E-state index in [1.807, 2.05) is 66.4 Å². The minimum atomic E-state index is -0.318. The number of carbonyl (C=O) groups is 2. The lowest BCUT2D eigenvalue weighted by Crippen LogP contribution is -2.45. The molecule has 6 nitrogen and oxygen atoms in total. The quantitative estimate of drug-likeness (QED) is 0.455. The number of urea groups is 1. The summed E-state index contributed by atoms with van der Waals surface area (Å²) in [5.41, 5.74) is 2.74. The minimum absolute atomic E-state index is 0.0295. The molecule has 0 aliphatic carbocycles. The fourth-order valence-corrected chi connectivity index (χ4v) is 4.32. The van der Waals surface area contributed by atoms with Crippen molar-refractivity contribution in [1.29, 1.82) is 0 Å². The number of nitrogens with one attached hydrogen (secondary N) is 1. The molecule has 1 heterocycles. The third-order valence-electron chi connectivity index (χ3n) is 5.28. The van der Waals surface area contributed by atoms with Gasteiger partial charge in [0.15, 0.2) is 0 Å². The highest BCUT2D eigenvalue weighted by molar-refractivity contribution is 7.11. The number of ether oxygens (including phenoxy) is 1. The molecule has 3 rings (SSSR count). The van der Waals surface area contributed by atoms with Gasteiger partial charge in [0.1, 0.15) is 6.54 Å². The van der Waals surface area contributed by atoms with Crippen LogP contribution in [-0.4, -0.2) is 48.5 Å². The fraction of sp³-hybridized carbons (Fsp3) is 0.308. The fourth-order valence-electron chi connectivity index (χ4n) is 3.42. The lowest BCUT2D eigenvalue weighted by atomic mass is 10.2. The molecule has 0 aliphatic heterocycles. The Morgan fingerprint density at radius 3 is 2.30 bits per heavy atom. The van der Waals surface area contributed by atoms with Crippen LogP contribution in [-0.2, 0) is 22.6 Å². The van der Waals surface area contributed by atoms with Crippen LogP contribution in [0.25, 0.3) is 0 Å². The summed E-state index contributed by atoms with van der Waals surface area (Å²) in [4.78, 5) is 32.1. The number of rotatable bonds is 10. The van der Waals surface area contributed by atoms with E-state index in [4.69, 9.17) is 4.74 Å². The van der Waals surface area contributed by atoms with Gasteiger partial charge in [-0.2, -0.15) is 0 Å². The van der Waals surface area contributed by atoms with Crippen LogP contribution in [0.15, 0.2) is 66.7 Å². The molecule has 1 aromatic heterocycles. The first kappa shape index (κ1) is 24.5. The molecule has 33 heavy (non-hydrogen) atoms. The van der Waals surface area contributed by atoms with E-state index in [-0.39, 0.29) is 18.5 Å². The molecule has 3 amide bonds. The number of hydrogen-bond donors (Lipinski definition) is 1. The van der Waals surface area contributed by atoms with Crippen molar-refractivity contribution in [2.75, 3.05) is 32.1 Å². The van der Waals surface area contributed by atoms with Gasteiger partial charge in [0.25, 0.3) is 0 Å². The second-order valence-electron chi connectivity index (χ2n) is 7.91. The van der Waals surface area contributed by atoms with Crippen molar-refractivity contribution >= 4 is 29.0 Å². The zero-order valence-electron chi connectivity index (χ0n) is 19.4. The highest BCUT2D eigenvalue weighted by atomic mass is 32.1. The first-order valence-corrected chi connectivity index (χ1v) is 11.8. The van der Waals surface area contributed by atoms with Gasteiger partial charge in [-0.05, 0) is 43.2 Å². The third kappa shape index (κ3) is 7.44. The number of anilines is 1. The van der Waals surface area contributed by atoms with Crippen molar-refractivity contribution in [1.82, 2.24) is 9.80 Å². The van der Waals surface area contributed by atoms with E-state index in [0.29, 0.717) is 26.2 Å². The van der Waals surface area contributed by atoms with Gasteiger partial charge in [0, 0.05) is 35.6 Å². The molecule has 0 saturated heterocycles. The normalized spacial score (nSPS) is 10.6. The molecule has 0 radical (unpaired) electrons. The van der Waals surface area contributed by atoms with Crippen LogP contribution in [0.3, 0.4) is 0 Å². The average molecular weight is 466 g/mol. The van der Waals surface area contributed by atoms with Gasteiger partial charge in [0.05, 0.1) is 13.2 Å². The van der Waals surface area contributed by atoms with Gasteiger partial charge in [-0.1, -0.05) is 48.5 Å². The Morgan fingerprint density at radius 2 is 1.64 bits per heavy atom. The van der Waals surface area contributed by atoms with Crippen LogP contribution < -0.4 is 5.32 Å². The van der Waals surface area contributed by atoms with Gasteiger partial charge in [-0.15, -0.1) is 11.3 Å². The van der Waals surface area contributed by atoms with Crippen molar-refractivity contribution in [2.45, 2.75) is 26.9 Å². The Morgan fingerprint density at radius 1 is 0.909 bits per heavy atom. The average Bonchev–Trinajstić information content (AvgIpc) is 3.22. The standard InChI is InChI=1S/C26H31N3O3S/c1-20-9-7-8-12-24(20)27-26(31)28(15-16-32-3)19-25(30)29(17-22-10-5-4-6-11-22)18-23-14-13-21(2)33-23/h4-14H,15-19H2,1-3H3,(H,27,31). The van der Waals surface area contributed by atoms with Crippen molar-refractivity contribution < 1.29 is 14.3 Å². The maximum absolute atomic E-state index is 13.4. The summed E-state index contributed by atoms with van der Waals surface area (Å²) < 4.78 is 5.19.